The van der Waals surface area contributed by atoms with Gasteiger partial charge in [-0.15, -0.1) is 0 Å². The number of benzene rings is 3. The van der Waals surface area contributed by atoms with Crippen molar-refractivity contribution >= 4 is 50.7 Å². The van der Waals surface area contributed by atoms with Crippen LogP contribution in [0.3, 0.4) is 0 Å². The number of sulfonamides is 1. The van der Waals surface area contributed by atoms with Crippen molar-refractivity contribution in [3.63, 3.8) is 0 Å². The van der Waals surface area contributed by atoms with Gasteiger partial charge in [-0.2, -0.15) is 0 Å². The minimum atomic E-state index is -3.64. The molecular formula is C31H37Cl2N3O4S. The van der Waals surface area contributed by atoms with E-state index >= 15 is 0 Å². The molecule has 0 fully saturated rings. The van der Waals surface area contributed by atoms with Crippen molar-refractivity contribution in [3.05, 3.63) is 99.5 Å². The molecule has 0 unspecified atom stereocenters. The molecule has 10 heteroatoms. The molecule has 0 aliphatic heterocycles. The van der Waals surface area contributed by atoms with Crippen LogP contribution in [0.4, 0.5) is 5.69 Å². The van der Waals surface area contributed by atoms with Gasteiger partial charge in [0.1, 0.15) is 6.04 Å². The van der Waals surface area contributed by atoms with E-state index in [2.05, 4.69) is 5.32 Å². The smallest absolute Gasteiger partial charge is 0.243 e. The highest BCUT2D eigenvalue weighted by atomic mass is 35.5. The summed E-state index contributed by atoms with van der Waals surface area (Å²) in [7, 11) is -3.64. The summed E-state index contributed by atoms with van der Waals surface area (Å²) in [6.07, 6.45) is 1.75. The molecule has 0 aliphatic rings. The fraction of sp³-hybridized carbons (Fsp3) is 0.355. The predicted octanol–water partition coefficient (Wildman–Crippen LogP) is 6.01. The van der Waals surface area contributed by atoms with Crippen LogP contribution in [0.15, 0.2) is 72.8 Å². The largest absolute Gasteiger partial charge is 0.352 e. The van der Waals surface area contributed by atoms with Crippen molar-refractivity contribution in [3.8, 4) is 0 Å². The molecule has 2 amide bonds. The third-order valence-corrected chi connectivity index (χ3v) is 8.47. The van der Waals surface area contributed by atoms with Gasteiger partial charge in [-0.05, 0) is 68.1 Å². The summed E-state index contributed by atoms with van der Waals surface area (Å²) >= 11 is 12.3. The molecule has 0 spiro atoms. The summed E-state index contributed by atoms with van der Waals surface area (Å²) in [6.45, 7) is 5.79. The predicted molar refractivity (Wildman–Crippen MR) is 167 cm³/mol. The molecule has 3 aromatic rings. The molecule has 3 rings (SSSR count). The molecule has 7 nitrogen and oxygen atoms in total. The third-order valence-electron chi connectivity index (χ3n) is 6.63. The average molecular weight is 619 g/mol. The Morgan fingerprint density at radius 2 is 1.56 bits per heavy atom. The van der Waals surface area contributed by atoms with Crippen LogP contribution in [-0.2, 0) is 32.6 Å². The van der Waals surface area contributed by atoms with Crippen LogP contribution >= 0.6 is 23.2 Å². The van der Waals surface area contributed by atoms with Crippen LogP contribution in [0.2, 0.25) is 10.0 Å². The number of amides is 2. The van der Waals surface area contributed by atoms with Crippen molar-refractivity contribution in [1.82, 2.24) is 10.2 Å². The monoisotopic (exact) mass is 617 g/mol. The zero-order valence-corrected chi connectivity index (χ0v) is 26.1. The van der Waals surface area contributed by atoms with Gasteiger partial charge in [0.15, 0.2) is 0 Å². The van der Waals surface area contributed by atoms with E-state index in [0.717, 1.165) is 17.4 Å². The van der Waals surface area contributed by atoms with Gasteiger partial charge in [0, 0.05) is 42.0 Å². The standard InChI is InChI=1S/C31H37Cl2N3O4S/c1-22(2)34-31(38)29(20-24-10-6-5-7-11-24)35(21-25-15-17-26(32)18-16-25)30(37)14-9-19-36(41(4,39)40)28-13-8-12-27(33)23(28)3/h5-8,10-13,15-18,22,29H,9,14,19-21H2,1-4H3,(H,34,38)/t29-/m0/s1. The van der Waals surface area contributed by atoms with E-state index in [1.807, 2.05) is 56.3 Å². The normalized spacial score (nSPS) is 12.2. The van der Waals surface area contributed by atoms with Crippen molar-refractivity contribution in [2.24, 2.45) is 0 Å². The topological polar surface area (TPSA) is 86.8 Å². The van der Waals surface area contributed by atoms with Gasteiger partial charge >= 0.3 is 0 Å². The van der Waals surface area contributed by atoms with Gasteiger partial charge in [0.2, 0.25) is 21.8 Å². The number of carbonyl (C=O) groups is 2. The first-order chi connectivity index (χ1) is 19.4. The molecule has 0 saturated carbocycles. The minimum Gasteiger partial charge on any atom is -0.352 e. The number of anilines is 1. The van der Waals surface area contributed by atoms with E-state index in [-0.39, 0.29) is 43.8 Å². The number of nitrogens with zero attached hydrogens (tertiary/aromatic N) is 2. The Morgan fingerprint density at radius 1 is 0.902 bits per heavy atom. The fourth-order valence-corrected chi connectivity index (χ4v) is 5.88. The van der Waals surface area contributed by atoms with E-state index in [9.17, 15) is 18.0 Å². The molecule has 0 saturated heterocycles. The lowest BCUT2D eigenvalue weighted by molar-refractivity contribution is -0.141. The van der Waals surface area contributed by atoms with Crippen molar-refractivity contribution < 1.29 is 18.0 Å². The fourth-order valence-electron chi connectivity index (χ4n) is 4.57. The molecule has 0 aliphatic carbocycles. The van der Waals surface area contributed by atoms with E-state index in [1.165, 1.54) is 4.31 Å². The molecular weight excluding hydrogens is 581 g/mol. The number of nitrogens with one attached hydrogen (secondary N) is 1. The lowest BCUT2D eigenvalue weighted by atomic mass is 10.0. The van der Waals surface area contributed by atoms with Crippen LogP contribution in [0, 0.1) is 6.92 Å². The van der Waals surface area contributed by atoms with Crippen LogP contribution < -0.4 is 9.62 Å². The number of hydrogen-bond donors (Lipinski definition) is 1. The van der Waals surface area contributed by atoms with Crippen molar-refractivity contribution in [2.75, 3.05) is 17.1 Å². The second-order valence-corrected chi connectivity index (χ2v) is 13.1. The Bertz CT molecular complexity index is 1430. The Labute approximate surface area is 253 Å². The number of rotatable bonds is 13. The highest BCUT2D eigenvalue weighted by Crippen LogP contribution is 2.28. The molecule has 1 N–H and O–H groups in total. The first-order valence-electron chi connectivity index (χ1n) is 13.5. The number of halogens is 2. The lowest BCUT2D eigenvalue weighted by Crippen LogP contribution is -2.51. The van der Waals surface area contributed by atoms with E-state index in [4.69, 9.17) is 23.2 Å². The molecule has 3 aromatic carbocycles. The zero-order chi connectivity index (χ0) is 30.2. The van der Waals surface area contributed by atoms with E-state index < -0.39 is 16.1 Å². The maximum Gasteiger partial charge on any atom is 0.243 e. The Kier molecular flexibility index (Phi) is 11.6. The summed E-state index contributed by atoms with van der Waals surface area (Å²) in [5, 5.41) is 4.00. The molecule has 0 heterocycles. The maximum absolute atomic E-state index is 13.9. The molecule has 41 heavy (non-hydrogen) atoms. The summed E-state index contributed by atoms with van der Waals surface area (Å²) in [4.78, 5) is 28.9. The first-order valence-corrected chi connectivity index (χ1v) is 16.1. The van der Waals surface area contributed by atoms with Gasteiger partial charge in [0.05, 0.1) is 11.9 Å². The molecule has 1 atom stereocenters. The SMILES string of the molecule is Cc1c(Cl)cccc1N(CCCC(=O)N(Cc1ccc(Cl)cc1)[C@@H](Cc1ccccc1)C(=O)NC(C)C)S(C)(=O)=O. The van der Waals surface area contributed by atoms with Gasteiger partial charge < -0.3 is 10.2 Å². The second kappa shape index (κ2) is 14.7. The summed E-state index contributed by atoms with van der Waals surface area (Å²) in [5.41, 5.74) is 2.86. The van der Waals surface area contributed by atoms with Crippen molar-refractivity contribution in [2.45, 2.75) is 58.7 Å². The average Bonchev–Trinajstić information content (AvgIpc) is 2.91. The molecule has 0 aromatic heterocycles. The van der Waals surface area contributed by atoms with Crippen LogP contribution in [0.25, 0.3) is 0 Å². The Hall–Kier alpha value is -3.07. The zero-order valence-electron chi connectivity index (χ0n) is 23.8. The van der Waals surface area contributed by atoms with E-state index in [0.29, 0.717) is 27.7 Å². The van der Waals surface area contributed by atoms with Crippen LogP contribution in [0.5, 0.6) is 0 Å². The van der Waals surface area contributed by atoms with Crippen LogP contribution in [-0.4, -0.2) is 50.0 Å². The highest BCUT2D eigenvalue weighted by Gasteiger charge is 2.31. The van der Waals surface area contributed by atoms with E-state index in [1.54, 1.807) is 42.2 Å². The van der Waals surface area contributed by atoms with Gasteiger partial charge in [0.25, 0.3) is 0 Å². The minimum absolute atomic E-state index is 0.0411. The molecule has 0 radical (unpaired) electrons. The number of carbonyl (C=O) groups excluding carboxylic acids is 2. The van der Waals surface area contributed by atoms with Gasteiger partial charge in [-0.3, -0.25) is 13.9 Å². The lowest BCUT2D eigenvalue weighted by Gasteiger charge is -2.32. The Balaban J connectivity index is 1.89. The number of hydrogen-bond acceptors (Lipinski definition) is 4. The summed E-state index contributed by atoms with van der Waals surface area (Å²) < 4.78 is 26.7. The quantitative estimate of drug-likeness (QED) is 0.254. The second-order valence-electron chi connectivity index (χ2n) is 10.3. The third kappa shape index (κ3) is 9.48. The van der Waals surface area contributed by atoms with Gasteiger partial charge in [-0.25, -0.2) is 8.42 Å². The molecule has 220 valence electrons. The summed E-state index contributed by atoms with van der Waals surface area (Å²) in [6, 6.07) is 20.9. The van der Waals surface area contributed by atoms with Crippen LogP contribution in [0.1, 0.15) is 43.4 Å². The van der Waals surface area contributed by atoms with Gasteiger partial charge in [-0.1, -0.05) is 71.7 Å². The first kappa shape index (κ1) is 32.4. The highest BCUT2D eigenvalue weighted by molar-refractivity contribution is 7.92. The summed E-state index contributed by atoms with van der Waals surface area (Å²) in [5.74, 6) is -0.505. The Morgan fingerprint density at radius 3 is 2.17 bits per heavy atom. The molecule has 0 bridgehead atoms. The van der Waals surface area contributed by atoms with Crippen molar-refractivity contribution in [1.29, 1.82) is 0 Å². The maximum atomic E-state index is 13.9.